The molecule has 2 aliphatic carbocycles. The van der Waals surface area contributed by atoms with E-state index < -0.39 is 5.97 Å². The summed E-state index contributed by atoms with van der Waals surface area (Å²) in [5.41, 5.74) is 0.369. The van der Waals surface area contributed by atoms with Crippen LogP contribution in [-0.4, -0.2) is 23.2 Å². The summed E-state index contributed by atoms with van der Waals surface area (Å²) in [6.07, 6.45) is 9.09. The van der Waals surface area contributed by atoms with Gasteiger partial charge >= 0.3 is 5.97 Å². The highest BCUT2D eigenvalue weighted by atomic mass is 16.4. The summed E-state index contributed by atoms with van der Waals surface area (Å²) in [5, 5.41) is 12.9. The third-order valence-corrected chi connectivity index (χ3v) is 4.97. The standard InChI is InChI=1S/C15H27NO2/c1-15(2)9-4-3-8-13(15)16-12-7-5-6-11(10-12)14(17)18/h11-13,16H,3-10H2,1-2H3,(H,17,18). The Labute approximate surface area is 110 Å². The summed E-state index contributed by atoms with van der Waals surface area (Å²) in [4.78, 5) is 11.1. The van der Waals surface area contributed by atoms with Crippen molar-refractivity contribution >= 4 is 5.97 Å². The zero-order valence-corrected chi connectivity index (χ0v) is 11.7. The average Bonchev–Trinajstić information content (AvgIpc) is 2.32. The molecule has 0 amide bonds. The van der Waals surface area contributed by atoms with Gasteiger partial charge in [0.1, 0.15) is 0 Å². The third-order valence-electron chi connectivity index (χ3n) is 4.97. The Hall–Kier alpha value is -0.570. The zero-order chi connectivity index (χ0) is 13.2. The molecule has 0 spiro atoms. The van der Waals surface area contributed by atoms with Crippen LogP contribution in [0.5, 0.6) is 0 Å². The summed E-state index contributed by atoms with van der Waals surface area (Å²) in [6.45, 7) is 4.70. The lowest BCUT2D eigenvalue weighted by Gasteiger charge is -2.42. The maximum absolute atomic E-state index is 11.1. The van der Waals surface area contributed by atoms with Crippen LogP contribution in [0.25, 0.3) is 0 Å². The largest absolute Gasteiger partial charge is 0.481 e. The summed E-state index contributed by atoms with van der Waals surface area (Å²) in [7, 11) is 0. The highest BCUT2D eigenvalue weighted by molar-refractivity contribution is 5.70. The summed E-state index contributed by atoms with van der Waals surface area (Å²) >= 11 is 0. The maximum atomic E-state index is 11.1. The zero-order valence-electron chi connectivity index (χ0n) is 11.7. The van der Waals surface area contributed by atoms with Gasteiger partial charge < -0.3 is 10.4 Å². The van der Waals surface area contributed by atoms with Gasteiger partial charge in [0.15, 0.2) is 0 Å². The first-order chi connectivity index (χ1) is 8.49. The normalized spacial score (nSPS) is 36.2. The first kappa shape index (κ1) is 13.9. The molecule has 3 atom stereocenters. The number of carbonyl (C=O) groups is 1. The average molecular weight is 253 g/mol. The van der Waals surface area contributed by atoms with Crippen molar-refractivity contribution < 1.29 is 9.90 Å². The molecule has 104 valence electrons. The molecular weight excluding hydrogens is 226 g/mol. The number of aliphatic carboxylic acids is 1. The Kier molecular flexibility index (Phi) is 4.31. The van der Waals surface area contributed by atoms with Gasteiger partial charge in [-0.15, -0.1) is 0 Å². The van der Waals surface area contributed by atoms with Gasteiger partial charge in [-0.25, -0.2) is 0 Å². The van der Waals surface area contributed by atoms with Crippen LogP contribution in [0, 0.1) is 11.3 Å². The third kappa shape index (κ3) is 3.25. The van der Waals surface area contributed by atoms with Gasteiger partial charge in [-0.3, -0.25) is 4.79 Å². The number of carboxylic acid groups (broad SMARTS) is 1. The van der Waals surface area contributed by atoms with Crippen molar-refractivity contribution in [1.29, 1.82) is 0 Å². The topological polar surface area (TPSA) is 49.3 Å². The molecule has 0 aromatic heterocycles. The fourth-order valence-electron chi connectivity index (χ4n) is 3.65. The molecular formula is C15H27NO2. The molecule has 0 radical (unpaired) electrons. The smallest absolute Gasteiger partial charge is 0.306 e. The molecule has 2 saturated carbocycles. The molecule has 2 fully saturated rings. The van der Waals surface area contributed by atoms with E-state index in [0.29, 0.717) is 17.5 Å². The van der Waals surface area contributed by atoms with Crippen LogP contribution in [0.3, 0.4) is 0 Å². The van der Waals surface area contributed by atoms with E-state index >= 15 is 0 Å². The van der Waals surface area contributed by atoms with E-state index in [4.69, 9.17) is 5.11 Å². The van der Waals surface area contributed by atoms with Crippen LogP contribution in [0.4, 0.5) is 0 Å². The lowest BCUT2D eigenvalue weighted by atomic mass is 9.72. The Morgan fingerprint density at radius 2 is 1.94 bits per heavy atom. The van der Waals surface area contributed by atoms with Crippen molar-refractivity contribution in [2.24, 2.45) is 11.3 Å². The van der Waals surface area contributed by atoms with Crippen LogP contribution in [0.15, 0.2) is 0 Å². The Bertz CT molecular complexity index is 301. The molecule has 2 aliphatic rings. The molecule has 0 bridgehead atoms. The quantitative estimate of drug-likeness (QED) is 0.812. The Balaban J connectivity index is 1.90. The second kappa shape index (κ2) is 5.60. The van der Waals surface area contributed by atoms with Gasteiger partial charge in [0, 0.05) is 12.1 Å². The molecule has 2 N–H and O–H groups in total. The lowest BCUT2D eigenvalue weighted by molar-refractivity contribution is -0.143. The summed E-state index contributed by atoms with van der Waals surface area (Å²) in [6, 6.07) is 0.992. The van der Waals surface area contributed by atoms with Crippen molar-refractivity contribution in [2.45, 2.75) is 77.3 Å². The minimum atomic E-state index is -0.607. The molecule has 0 aromatic carbocycles. The van der Waals surface area contributed by atoms with Crippen molar-refractivity contribution in [2.75, 3.05) is 0 Å². The van der Waals surface area contributed by atoms with E-state index in [1.807, 2.05) is 0 Å². The maximum Gasteiger partial charge on any atom is 0.306 e. The first-order valence-corrected chi connectivity index (χ1v) is 7.48. The van der Waals surface area contributed by atoms with Crippen LogP contribution in [0.1, 0.15) is 65.2 Å². The summed E-state index contributed by atoms with van der Waals surface area (Å²) < 4.78 is 0. The fourth-order valence-corrected chi connectivity index (χ4v) is 3.65. The minimum absolute atomic E-state index is 0.122. The van der Waals surface area contributed by atoms with Gasteiger partial charge in [-0.2, -0.15) is 0 Å². The molecule has 2 rings (SSSR count). The predicted octanol–water partition coefficient (Wildman–Crippen LogP) is 3.19. The van der Waals surface area contributed by atoms with E-state index in [0.717, 1.165) is 25.7 Å². The van der Waals surface area contributed by atoms with Gasteiger partial charge in [0.05, 0.1) is 5.92 Å². The number of carboxylic acids is 1. The minimum Gasteiger partial charge on any atom is -0.481 e. The molecule has 3 unspecified atom stereocenters. The Morgan fingerprint density at radius 1 is 1.17 bits per heavy atom. The van der Waals surface area contributed by atoms with Crippen LogP contribution >= 0.6 is 0 Å². The van der Waals surface area contributed by atoms with E-state index in [1.54, 1.807) is 0 Å². The molecule has 0 heterocycles. The summed E-state index contributed by atoms with van der Waals surface area (Å²) in [5.74, 6) is -0.729. The highest BCUT2D eigenvalue weighted by Crippen LogP contribution is 2.36. The number of nitrogens with one attached hydrogen (secondary N) is 1. The molecule has 0 aliphatic heterocycles. The number of rotatable bonds is 3. The van der Waals surface area contributed by atoms with Crippen molar-refractivity contribution in [3.8, 4) is 0 Å². The fraction of sp³-hybridized carbons (Fsp3) is 0.933. The van der Waals surface area contributed by atoms with Gasteiger partial charge in [-0.1, -0.05) is 33.1 Å². The SMILES string of the molecule is CC1(C)CCCCC1NC1CCCC(C(=O)O)C1. The highest BCUT2D eigenvalue weighted by Gasteiger charge is 2.35. The second-order valence-electron chi connectivity index (χ2n) is 6.85. The van der Waals surface area contributed by atoms with E-state index in [9.17, 15) is 4.79 Å². The molecule has 3 nitrogen and oxygen atoms in total. The second-order valence-corrected chi connectivity index (χ2v) is 6.85. The molecule has 0 saturated heterocycles. The molecule has 0 aromatic rings. The van der Waals surface area contributed by atoms with Crippen molar-refractivity contribution in [3.63, 3.8) is 0 Å². The van der Waals surface area contributed by atoms with E-state index in [-0.39, 0.29) is 5.92 Å². The van der Waals surface area contributed by atoms with Gasteiger partial charge in [0.2, 0.25) is 0 Å². The van der Waals surface area contributed by atoms with Crippen molar-refractivity contribution in [1.82, 2.24) is 5.32 Å². The van der Waals surface area contributed by atoms with Crippen LogP contribution < -0.4 is 5.32 Å². The Morgan fingerprint density at radius 3 is 2.61 bits per heavy atom. The number of hydrogen-bond donors (Lipinski definition) is 2. The van der Waals surface area contributed by atoms with Crippen LogP contribution in [-0.2, 0) is 4.79 Å². The van der Waals surface area contributed by atoms with Crippen molar-refractivity contribution in [3.05, 3.63) is 0 Å². The van der Waals surface area contributed by atoms with Gasteiger partial charge in [0.25, 0.3) is 0 Å². The van der Waals surface area contributed by atoms with E-state index in [2.05, 4.69) is 19.2 Å². The van der Waals surface area contributed by atoms with Crippen LogP contribution in [0.2, 0.25) is 0 Å². The number of hydrogen-bond acceptors (Lipinski definition) is 2. The first-order valence-electron chi connectivity index (χ1n) is 7.48. The predicted molar refractivity (Wildman–Crippen MR) is 72.6 cm³/mol. The lowest BCUT2D eigenvalue weighted by Crippen LogP contribution is -2.50. The molecule has 3 heteroatoms. The monoisotopic (exact) mass is 253 g/mol. The molecule has 18 heavy (non-hydrogen) atoms. The van der Waals surface area contributed by atoms with Gasteiger partial charge in [-0.05, 0) is 37.5 Å². The van der Waals surface area contributed by atoms with E-state index in [1.165, 1.54) is 25.7 Å².